The summed E-state index contributed by atoms with van der Waals surface area (Å²) in [6.07, 6.45) is 84.2. The second kappa shape index (κ2) is 65.3. The molecular formula is C71H137NO5. The van der Waals surface area contributed by atoms with Gasteiger partial charge in [0.1, 0.15) is 12.2 Å². The highest BCUT2D eigenvalue weighted by Crippen LogP contribution is 2.19. The Labute approximate surface area is 481 Å². The normalized spacial score (nSPS) is 13.7. The van der Waals surface area contributed by atoms with Gasteiger partial charge >= 0.3 is 0 Å². The number of amides is 1. The highest BCUT2D eigenvalue weighted by Gasteiger charge is 2.28. The maximum absolute atomic E-state index is 12.7. The van der Waals surface area contributed by atoms with Crippen LogP contribution in [0.5, 0.6) is 0 Å². The lowest BCUT2D eigenvalue weighted by atomic mass is 10.00. The Hall–Kier alpha value is -1.47. The van der Waals surface area contributed by atoms with E-state index in [0.29, 0.717) is 19.3 Å². The van der Waals surface area contributed by atoms with Crippen molar-refractivity contribution in [1.82, 2.24) is 5.32 Å². The molecule has 456 valence electrons. The number of carbonyl (C=O) groups excluding carboxylic acids is 1. The van der Waals surface area contributed by atoms with Crippen molar-refractivity contribution < 1.29 is 25.2 Å². The van der Waals surface area contributed by atoms with Crippen LogP contribution in [0.2, 0.25) is 0 Å². The lowest BCUT2D eigenvalue weighted by Crippen LogP contribution is -2.53. The molecule has 1 amide bonds. The molecule has 5 N–H and O–H groups in total. The minimum atomic E-state index is -1.29. The van der Waals surface area contributed by atoms with Crippen LogP contribution in [-0.2, 0) is 4.79 Å². The van der Waals surface area contributed by atoms with Gasteiger partial charge in [-0.1, -0.05) is 339 Å². The maximum Gasteiger partial charge on any atom is 0.249 e. The molecule has 0 aliphatic heterocycles. The smallest absolute Gasteiger partial charge is 0.249 e. The minimum Gasteiger partial charge on any atom is -0.394 e. The zero-order valence-corrected chi connectivity index (χ0v) is 52.0. The average Bonchev–Trinajstić information content (AvgIpc) is 3.43. The lowest BCUT2D eigenvalue weighted by molar-refractivity contribution is -0.132. The number of allylic oxidation sites excluding steroid dienone is 6. The molecule has 0 aromatic rings. The monoisotopic (exact) mass is 1080 g/mol. The molecule has 0 aromatic heterocycles. The van der Waals surface area contributed by atoms with Gasteiger partial charge in [-0.3, -0.25) is 4.79 Å². The van der Waals surface area contributed by atoms with Gasteiger partial charge in [0.2, 0.25) is 5.91 Å². The highest BCUT2D eigenvalue weighted by molar-refractivity contribution is 5.80. The fourth-order valence-electron chi connectivity index (χ4n) is 11.1. The van der Waals surface area contributed by atoms with Crippen LogP contribution < -0.4 is 5.32 Å². The standard InChI is InChI=1S/C71H137NO5/c1-3-5-7-9-11-13-15-17-19-21-23-25-27-29-31-33-34-35-37-38-40-42-44-46-48-50-52-54-56-58-60-62-64-68(74)70(76)67(66-73)72-71(77)69(75)65-63-61-59-57-55-53-51-49-47-45-43-41-39-36-32-30-28-26-24-22-20-18-16-14-12-10-8-6-4-2/h30,32,48,50,56,58,67-70,73-76H,3-29,31,33-47,49,51-55,57,59-66H2,1-2H3,(H,72,77)/b32-30-,50-48+,58-56+. The molecule has 0 aromatic carbocycles. The molecule has 6 nitrogen and oxygen atoms in total. The number of hydrogen-bond acceptors (Lipinski definition) is 5. The third-order valence-electron chi connectivity index (χ3n) is 16.6. The molecule has 77 heavy (non-hydrogen) atoms. The zero-order valence-electron chi connectivity index (χ0n) is 52.0. The summed E-state index contributed by atoms with van der Waals surface area (Å²) in [7, 11) is 0. The Morgan fingerprint density at radius 2 is 0.545 bits per heavy atom. The van der Waals surface area contributed by atoms with Crippen LogP contribution in [0.3, 0.4) is 0 Å². The van der Waals surface area contributed by atoms with Crippen molar-refractivity contribution in [3.8, 4) is 0 Å². The van der Waals surface area contributed by atoms with Crippen LogP contribution in [0.15, 0.2) is 36.5 Å². The number of rotatable bonds is 65. The third-order valence-corrected chi connectivity index (χ3v) is 16.6. The summed E-state index contributed by atoms with van der Waals surface area (Å²) in [6, 6.07) is -1.01. The molecule has 0 heterocycles. The van der Waals surface area contributed by atoms with Crippen molar-refractivity contribution in [2.45, 2.75) is 404 Å². The predicted molar refractivity (Wildman–Crippen MR) is 339 cm³/mol. The van der Waals surface area contributed by atoms with Gasteiger partial charge in [0.15, 0.2) is 0 Å². The minimum absolute atomic E-state index is 0.361. The van der Waals surface area contributed by atoms with Crippen molar-refractivity contribution in [2.24, 2.45) is 0 Å². The van der Waals surface area contributed by atoms with Crippen LogP contribution in [0.4, 0.5) is 0 Å². The molecule has 0 saturated carbocycles. The summed E-state index contributed by atoms with van der Waals surface area (Å²) in [5.41, 5.74) is 0. The fourth-order valence-corrected chi connectivity index (χ4v) is 11.1. The average molecular weight is 1080 g/mol. The van der Waals surface area contributed by atoms with Gasteiger partial charge in [0, 0.05) is 0 Å². The van der Waals surface area contributed by atoms with Gasteiger partial charge in [-0.15, -0.1) is 0 Å². The van der Waals surface area contributed by atoms with Crippen LogP contribution in [-0.4, -0.2) is 57.3 Å². The fraction of sp³-hybridized carbons (Fsp3) is 0.901. The van der Waals surface area contributed by atoms with E-state index in [0.717, 1.165) is 38.5 Å². The Kier molecular flexibility index (Phi) is 64.1. The first-order valence-corrected chi connectivity index (χ1v) is 34.9. The van der Waals surface area contributed by atoms with E-state index in [4.69, 9.17) is 0 Å². The van der Waals surface area contributed by atoms with Gasteiger partial charge in [-0.05, 0) is 77.0 Å². The lowest BCUT2D eigenvalue weighted by Gasteiger charge is -2.27. The topological polar surface area (TPSA) is 110 Å². The van der Waals surface area contributed by atoms with Gasteiger partial charge in [-0.2, -0.15) is 0 Å². The Morgan fingerprint density at radius 3 is 0.818 bits per heavy atom. The predicted octanol–water partition coefficient (Wildman–Crippen LogP) is 21.5. The molecule has 0 bridgehead atoms. The van der Waals surface area contributed by atoms with Crippen molar-refractivity contribution in [1.29, 1.82) is 0 Å². The SMILES string of the molecule is CCCCCCCCCCCCCC/C=C\CCCCCCCCCCCCCCCC(O)C(=O)NC(CO)C(O)C(O)CCC/C=C/CC/C=C/CCCCCCCCCCCCCCCCCCCCCCCCC. The Bertz CT molecular complexity index is 1220. The number of nitrogens with one attached hydrogen (secondary N) is 1. The summed E-state index contributed by atoms with van der Waals surface area (Å²) >= 11 is 0. The first kappa shape index (κ1) is 75.5. The van der Waals surface area contributed by atoms with E-state index in [2.05, 4.69) is 55.6 Å². The summed E-state index contributed by atoms with van der Waals surface area (Å²) < 4.78 is 0. The van der Waals surface area contributed by atoms with Gasteiger partial charge in [0.05, 0.1) is 18.8 Å². The van der Waals surface area contributed by atoms with E-state index in [1.807, 2.05) is 0 Å². The van der Waals surface area contributed by atoms with E-state index in [1.54, 1.807) is 0 Å². The molecule has 0 spiro atoms. The molecule has 4 unspecified atom stereocenters. The van der Waals surface area contributed by atoms with Crippen molar-refractivity contribution in [2.75, 3.05) is 6.61 Å². The van der Waals surface area contributed by atoms with Gasteiger partial charge < -0.3 is 25.7 Å². The first-order valence-electron chi connectivity index (χ1n) is 34.9. The zero-order chi connectivity index (χ0) is 55.8. The number of unbranched alkanes of at least 4 members (excludes halogenated alkanes) is 50. The Balaban J connectivity index is 3.59. The number of carbonyl (C=O) groups is 1. The number of hydrogen-bond donors (Lipinski definition) is 5. The summed E-state index contributed by atoms with van der Waals surface area (Å²) in [5.74, 6) is -0.592. The van der Waals surface area contributed by atoms with E-state index in [-0.39, 0.29) is 0 Å². The van der Waals surface area contributed by atoms with Crippen LogP contribution in [0.25, 0.3) is 0 Å². The molecule has 0 fully saturated rings. The first-order chi connectivity index (χ1) is 38.0. The molecule has 0 aliphatic rings. The second-order valence-electron chi connectivity index (χ2n) is 24.2. The van der Waals surface area contributed by atoms with E-state index < -0.39 is 36.9 Å². The van der Waals surface area contributed by atoms with E-state index in [1.165, 1.54) is 308 Å². The molecular weight excluding hydrogens is 947 g/mol. The van der Waals surface area contributed by atoms with Crippen LogP contribution in [0, 0.1) is 0 Å². The quantitative estimate of drug-likeness (QED) is 0.0308. The molecule has 0 radical (unpaired) electrons. The van der Waals surface area contributed by atoms with Crippen LogP contribution in [0.1, 0.15) is 380 Å². The summed E-state index contributed by atoms with van der Waals surface area (Å²) in [6.45, 7) is 4.09. The van der Waals surface area contributed by atoms with E-state index in [9.17, 15) is 25.2 Å². The van der Waals surface area contributed by atoms with Crippen LogP contribution >= 0.6 is 0 Å². The van der Waals surface area contributed by atoms with Crippen molar-refractivity contribution in [3.05, 3.63) is 36.5 Å². The molecule has 0 saturated heterocycles. The highest BCUT2D eigenvalue weighted by atomic mass is 16.3. The van der Waals surface area contributed by atoms with Gasteiger partial charge in [0.25, 0.3) is 0 Å². The second-order valence-corrected chi connectivity index (χ2v) is 24.2. The maximum atomic E-state index is 12.7. The van der Waals surface area contributed by atoms with Crippen molar-refractivity contribution in [3.63, 3.8) is 0 Å². The molecule has 0 rings (SSSR count). The number of aliphatic hydroxyl groups excluding tert-OH is 4. The third kappa shape index (κ3) is 59.0. The number of aliphatic hydroxyl groups is 4. The summed E-state index contributed by atoms with van der Waals surface area (Å²) in [5, 5.41) is 44.2. The largest absolute Gasteiger partial charge is 0.394 e. The molecule has 0 aliphatic carbocycles. The molecule has 6 heteroatoms. The molecule has 4 atom stereocenters. The summed E-state index contributed by atoms with van der Waals surface area (Å²) in [4.78, 5) is 12.7. The van der Waals surface area contributed by atoms with Gasteiger partial charge in [-0.25, -0.2) is 0 Å². The Morgan fingerprint density at radius 1 is 0.312 bits per heavy atom. The van der Waals surface area contributed by atoms with Crippen molar-refractivity contribution >= 4 is 5.91 Å². The van der Waals surface area contributed by atoms with E-state index >= 15 is 0 Å².